The number of allylic oxidation sites excluding steroid dienone is 12. The fourth-order valence-electron chi connectivity index (χ4n) is 9.52. The molecule has 1 aliphatic heterocycles. The maximum atomic E-state index is 13.7. The quantitative estimate of drug-likeness (QED) is 0.0188. The second-order valence-electron chi connectivity index (χ2n) is 22.7. The molecule has 12 nitrogen and oxygen atoms in total. The van der Waals surface area contributed by atoms with E-state index in [1.54, 1.807) is 0 Å². The van der Waals surface area contributed by atoms with Gasteiger partial charge in [-0.2, -0.15) is 0 Å². The second-order valence-corrected chi connectivity index (χ2v) is 22.7. The molecule has 1 aliphatic rings. The first-order valence-corrected chi connectivity index (χ1v) is 33.3. The molecule has 1 fully saturated rings. The Balaban J connectivity index is 3.09. The summed E-state index contributed by atoms with van der Waals surface area (Å²) in [7, 11) is 0. The number of esters is 3. The standard InChI is InChI=1S/C70H121NO11/c1-6-11-15-19-23-25-27-29-31-33-35-37-39-41-45-51-65(72)79-60-70(63-82-69(75)78-59-64-50-49-55-71(10-5)58-64,61-80-66(73)52-46-42-40-38-36-34-32-30-28-26-24-20-16-12-7-2)62-81-67(74)53-54-68(76-56-47-43-21-17-13-8-3)77-57-48-44-22-18-14-9-4/h13-14,17-18,23-26,29-32,64,68H,6-12,15-16,19-22,27-28,33-63H2,1-5H3/b17-13-,18-14-,25-23-,26-24-,31-29-,32-30-. The fraction of sp³-hybridized carbons (Fsp3) is 0.771. The summed E-state index contributed by atoms with van der Waals surface area (Å²) in [6.45, 7) is 13.6. The molecular weight excluding hydrogens is 1030 g/mol. The Kier molecular flexibility index (Phi) is 53.2. The predicted molar refractivity (Wildman–Crippen MR) is 338 cm³/mol. The highest BCUT2D eigenvalue weighted by Gasteiger charge is 2.38. The molecule has 1 saturated heterocycles. The van der Waals surface area contributed by atoms with Crippen molar-refractivity contribution in [2.24, 2.45) is 11.3 Å². The molecule has 1 rings (SSSR count). The van der Waals surface area contributed by atoms with E-state index in [1.165, 1.54) is 38.5 Å². The van der Waals surface area contributed by atoms with Gasteiger partial charge in [-0.3, -0.25) is 14.4 Å². The number of unbranched alkanes of at least 4 members (excludes halogenated alkanes) is 20. The number of likely N-dealkylation sites (tertiary alicyclic amines) is 1. The minimum absolute atomic E-state index is 0.00247. The summed E-state index contributed by atoms with van der Waals surface area (Å²) in [6, 6.07) is 0. The largest absolute Gasteiger partial charge is 0.508 e. The molecule has 12 heteroatoms. The molecular formula is C70H121NO11. The molecule has 0 radical (unpaired) electrons. The summed E-state index contributed by atoms with van der Waals surface area (Å²) in [4.78, 5) is 56.2. The van der Waals surface area contributed by atoms with Crippen molar-refractivity contribution in [1.29, 1.82) is 0 Å². The van der Waals surface area contributed by atoms with Gasteiger partial charge in [-0.1, -0.05) is 172 Å². The van der Waals surface area contributed by atoms with E-state index in [-0.39, 0.29) is 64.6 Å². The third-order valence-corrected chi connectivity index (χ3v) is 14.8. The van der Waals surface area contributed by atoms with E-state index < -0.39 is 35.8 Å². The molecule has 0 aromatic carbocycles. The molecule has 0 aromatic heterocycles. The summed E-state index contributed by atoms with van der Waals surface area (Å²) in [6.07, 6.45) is 59.2. The highest BCUT2D eigenvalue weighted by molar-refractivity contribution is 5.70. The minimum atomic E-state index is -1.40. The van der Waals surface area contributed by atoms with Crippen molar-refractivity contribution >= 4 is 24.1 Å². The van der Waals surface area contributed by atoms with Gasteiger partial charge in [0.2, 0.25) is 0 Å². The molecule has 0 amide bonds. The molecule has 0 bridgehead atoms. The zero-order chi connectivity index (χ0) is 59.5. The normalized spacial score (nSPS) is 14.5. The third kappa shape index (κ3) is 48.4. The van der Waals surface area contributed by atoms with Gasteiger partial charge in [0.05, 0.1) is 13.0 Å². The van der Waals surface area contributed by atoms with E-state index in [0.29, 0.717) is 26.1 Å². The van der Waals surface area contributed by atoms with Crippen molar-refractivity contribution in [2.45, 2.75) is 272 Å². The van der Waals surface area contributed by atoms with Crippen LogP contribution in [0.4, 0.5) is 4.79 Å². The smallest absolute Gasteiger partial charge is 0.465 e. The maximum absolute atomic E-state index is 13.7. The average Bonchev–Trinajstić information content (AvgIpc) is 3.52. The van der Waals surface area contributed by atoms with Crippen LogP contribution in [0.1, 0.15) is 266 Å². The van der Waals surface area contributed by atoms with Crippen LogP contribution >= 0.6 is 0 Å². The molecule has 0 aliphatic carbocycles. The van der Waals surface area contributed by atoms with Gasteiger partial charge in [-0.05, 0) is 154 Å². The minimum Gasteiger partial charge on any atom is -0.465 e. The molecule has 0 saturated carbocycles. The van der Waals surface area contributed by atoms with Crippen LogP contribution < -0.4 is 0 Å². The van der Waals surface area contributed by atoms with Gasteiger partial charge in [0.25, 0.3) is 0 Å². The topological polar surface area (TPSA) is 136 Å². The van der Waals surface area contributed by atoms with Crippen molar-refractivity contribution in [3.05, 3.63) is 72.9 Å². The SMILES string of the molecule is CC/C=C\CCCCOC(CCC(=O)OCC(COC(=O)CCCCCCC/C=C\C/C=C\CCCCC)(COC(=O)CCCCCCC/C=C\C/C=C\CCCCC)COC(=O)OCC1CCCN(CC)C1)OCCCC/C=C\CC. The van der Waals surface area contributed by atoms with Crippen LogP contribution in [-0.2, 0) is 47.5 Å². The number of carbonyl (C=O) groups excluding carboxylic acids is 4. The van der Waals surface area contributed by atoms with Gasteiger partial charge in [-0.15, -0.1) is 0 Å². The Morgan fingerprint density at radius 3 is 1.30 bits per heavy atom. The van der Waals surface area contributed by atoms with Crippen LogP contribution in [0.2, 0.25) is 0 Å². The lowest BCUT2D eigenvalue weighted by molar-refractivity contribution is -0.170. The van der Waals surface area contributed by atoms with E-state index >= 15 is 0 Å². The van der Waals surface area contributed by atoms with E-state index in [2.05, 4.69) is 112 Å². The fourth-order valence-corrected chi connectivity index (χ4v) is 9.52. The van der Waals surface area contributed by atoms with Gasteiger partial charge >= 0.3 is 24.1 Å². The van der Waals surface area contributed by atoms with Crippen LogP contribution in [-0.4, -0.2) is 101 Å². The molecule has 1 heterocycles. The van der Waals surface area contributed by atoms with Crippen LogP contribution in [0.25, 0.3) is 0 Å². The Bertz CT molecular complexity index is 1620. The van der Waals surface area contributed by atoms with Crippen molar-refractivity contribution < 1.29 is 52.3 Å². The zero-order valence-electron chi connectivity index (χ0n) is 53.0. The number of nitrogens with zero attached hydrogens (tertiary/aromatic N) is 1. The Morgan fingerprint density at radius 1 is 0.451 bits per heavy atom. The van der Waals surface area contributed by atoms with Crippen LogP contribution in [0.15, 0.2) is 72.9 Å². The van der Waals surface area contributed by atoms with Crippen LogP contribution in [0.3, 0.4) is 0 Å². The number of piperidine rings is 1. The van der Waals surface area contributed by atoms with Gasteiger partial charge in [0.15, 0.2) is 6.29 Å². The van der Waals surface area contributed by atoms with Crippen LogP contribution in [0.5, 0.6) is 0 Å². The van der Waals surface area contributed by atoms with Crippen molar-refractivity contribution in [3.63, 3.8) is 0 Å². The van der Waals surface area contributed by atoms with E-state index in [4.69, 9.17) is 33.2 Å². The Hall–Kier alpha value is -4.00. The number of rotatable bonds is 56. The molecule has 0 N–H and O–H groups in total. The molecule has 0 aromatic rings. The summed E-state index contributed by atoms with van der Waals surface area (Å²) in [5, 5.41) is 0. The first kappa shape index (κ1) is 76.0. The average molecular weight is 1150 g/mol. The predicted octanol–water partition coefficient (Wildman–Crippen LogP) is 18.5. The van der Waals surface area contributed by atoms with Crippen molar-refractivity contribution in [2.75, 3.05) is 65.9 Å². The van der Waals surface area contributed by atoms with E-state index in [0.717, 1.165) is 174 Å². The highest BCUT2D eigenvalue weighted by Crippen LogP contribution is 2.25. The summed E-state index contributed by atoms with van der Waals surface area (Å²) < 4.78 is 41.6. The van der Waals surface area contributed by atoms with Crippen LogP contribution in [0, 0.1) is 11.3 Å². The molecule has 1 unspecified atom stereocenters. The summed E-state index contributed by atoms with van der Waals surface area (Å²) in [5.74, 6) is -1.18. The van der Waals surface area contributed by atoms with Gasteiger partial charge in [0, 0.05) is 44.9 Å². The molecule has 472 valence electrons. The van der Waals surface area contributed by atoms with Gasteiger partial charge < -0.3 is 38.1 Å². The number of carbonyl (C=O) groups is 4. The lowest BCUT2D eigenvalue weighted by Crippen LogP contribution is -2.44. The Morgan fingerprint density at radius 2 is 0.854 bits per heavy atom. The zero-order valence-corrected chi connectivity index (χ0v) is 53.0. The molecule has 0 spiro atoms. The van der Waals surface area contributed by atoms with E-state index in [1.807, 2.05) is 0 Å². The Labute approximate surface area is 501 Å². The van der Waals surface area contributed by atoms with Gasteiger partial charge in [0.1, 0.15) is 31.8 Å². The third-order valence-electron chi connectivity index (χ3n) is 14.8. The van der Waals surface area contributed by atoms with Crippen molar-refractivity contribution in [3.8, 4) is 0 Å². The van der Waals surface area contributed by atoms with Crippen molar-refractivity contribution in [1.82, 2.24) is 4.90 Å². The number of hydrogen-bond donors (Lipinski definition) is 0. The lowest BCUT2D eigenvalue weighted by atomic mass is 9.92. The molecule has 1 atom stereocenters. The summed E-state index contributed by atoms with van der Waals surface area (Å²) in [5.41, 5.74) is -1.40. The first-order chi connectivity index (χ1) is 40.2. The maximum Gasteiger partial charge on any atom is 0.508 e. The first-order valence-electron chi connectivity index (χ1n) is 33.3. The van der Waals surface area contributed by atoms with Gasteiger partial charge in [-0.25, -0.2) is 4.79 Å². The monoisotopic (exact) mass is 1150 g/mol. The van der Waals surface area contributed by atoms with E-state index in [9.17, 15) is 19.2 Å². The molecule has 82 heavy (non-hydrogen) atoms. The number of hydrogen-bond acceptors (Lipinski definition) is 12. The lowest BCUT2D eigenvalue weighted by Gasteiger charge is -2.32. The highest BCUT2D eigenvalue weighted by atomic mass is 16.7. The number of ether oxygens (including phenoxy) is 7. The second kappa shape index (κ2) is 57.4. The summed E-state index contributed by atoms with van der Waals surface area (Å²) >= 11 is 0.